The fourth-order valence-corrected chi connectivity index (χ4v) is 7.23. The molecule has 1 N–H and O–H groups in total. The van der Waals surface area contributed by atoms with Gasteiger partial charge >= 0.3 is 5.97 Å². The first kappa shape index (κ1) is 19.3. The van der Waals surface area contributed by atoms with Crippen molar-refractivity contribution in [2.24, 2.45) is 16.7 Å². The Morgan fingerprint density at radius 1 is 1.46 bits per heavy atom. The number of ketones is 1. The summed E-state index contributed by atoms with van der Waals surface area (Å²) in [6.45, 7) is 6.02. The summed E-state index contributed by atoms with van der Waals surface area (Å²) < 4.78 is 32.8. The van der Waals surface area contributed by atoms with Crippen molar-refractivity contribution in [2.45, 2.75) is 46.5 Å². The number of esters is 1. The largest absolute Gasteiger partial charge is 0.466 e. The minimum atomic E-state index is -3.73. The van der Waals surface area contributed by atoms with Crippen LogP contribution in [0.25, 0.3) is 0 Å². The van der Waals surface area contributed by atoms with Crippen molar-refractivity contribution in [3.8, 4) is 0 Å². The molecule has 0 amide bonds. The highest BCUT2D eigenvalue weighted by atomic mass is 32.2. The quantitative estimate of drug-likeness (QED) is 0.705. The second-order valence-electron chi connectivity index (χ2n) is 7.65. The maximum absolute atomic E-state index is 12.7. The third kappa shape index (κ3) is 3.26. The van der Waals surface area contributed by atoms with Crippen molar-refractivity contribution in [3.63, 3.8) is 0 Å². The van der Waals surface area contributed by atoms with E-state index in [1.807, 2.05) is 13.8 Å². The molecule has 2 saturated carbocycles. The Kier molecular flexibility index (Phi) is 4.89. The Bertz CT molecular complexity index is 830. The zero-order valence-electron chi connectivity index (χ0n) is 15.2. The van der Waals surface area contributed by atoms with Crippen LogP contribution in [0.1, 0.15) is 45.7 Å². The van der Waals surface area contributed by atoms with Crippen LogP contribution in [0.5, 0.6) is 0 Å². The van der Waals surface area contributed by atoms with Crippen LogP contribution in [0.3, 0.4) is 0 Å². The minimum Gasteiger partial charge on any atom is -0.466 e. The van der Waals surface area contributed by atoms with E-state index in [0.717, 1.165) is 17.8 Å². The van der Waals surface area contributed by atoms with Crippen LogP contribution >= 0.6 is 11.3 Å². The fourth-order valence-electron chi connectivity index (χ4n) is 4.40. The number of nitrogens with one attached hydrogen (secondary N) is 1. The Balaban J connectivity index is 1.71. The Morgan fingerprint density at radius 3 is 2.77 bits per heavy atom. The van der Waals surface area contributed by atoms with Crippen LogP contribution in [0, 0.1) is 16.7 Å². The highest BCUT2D eigenvalue weighted by molar-refractivity contribution is 7.92. The lowest BCUT2D eigenvalue weighted by Gasteiger charge is -2.36. The van der Waals surface area contributed by atoms with E-state index in [4.69, 9.17) is 4.74 Å². The van der Waals surface area contributed by atoms with Gasteiger partial charge in [-0.05, 0) is 31.1 Å². The lowest BCUT2D eigenvalue weighted by atomic mass is 9.70. The average Bonchev–Trinajstić information content (AvgIpc) is 3.09. The fraction of sp³-hybridized carbons (Fsp3) is 0.706. The molecule has 2 aliphatic rings. The molecular formula is C17H24N2O5S2. The standard InChI is InChI=1S/C17H24N2O5S2/c1-4-24-14(21)8-12-9-25-15(18-12)19-26(22,23)10-17-6-5-11(7-13(17)20)16(17,2)3/h9,11H,4-8,10H2,1-3H3,(H,18,19). The van der Waals surface area contributed by atoms with Crippen molar-refractivity contribution in [1.29, 1.82) is 0 Å². The molecule has 2 fully saturated rings. The molecule has 7 nitrogen and oxygen atoms in total. The number of rotatable bonds is 7. The van der Waals surface area contributed by atoms with Crippen molar-refractivity contribution in [2.75, 3.05) is 17.1 Å². The van der Waals surface area contributed by atoms with Gasteiger partial charge in [-0.25, -0.2) is 13.4 Å². The van der Waals surface area contributed by atoms with Gasteiger partial charge in [0, 0.05) is 11.8 Å². The van der Waals surface area contributed by atoms with Crippen molar-refractivity contribution in [1.82, 2.24) is 4.98 Å². The number of carbonyl (C=O) groups is 2. The molecule has 1 heterocycles. The van der Waals surface area contributed by atoms with Gasteiger partial charge in [0.15, 0.2) is 5.13 Å². The lowest BCUT2D eigenvalue weighted by Crippen LogP contribution is -2.43. The SMILES string of the molecule is CCOC(=O)Cc1csc(NS(=O)(=O)CC23CCC(CC2=O)C3(C)C)n1. The van der Waals surface area contributed by atoms with Crippen molar-refractivity contribution >= 4 is 38.2 Å². The summed E-state index contributed by atoms with van der Waals surface area (Å²) in [5, 5.41) is 1.84. The normalized spacial score (nSPS) is 26.9. The predicted molar refractivity (Wildman–Crippen MR) is 98.4 cm³/mol. The van der Waals surface area contributed by atoms with Crippen LogP contribution in [0.15, 0.2) is 5.38 Å². The number of nitrogens with zero attached hydrogens (tertiary/aromatic N) is 1. The van der Waals surface area contributed by atoms with Gasteiger partial charge in [0.2, 0.25) is 10.0 Å². The van der Waals surface area contributed by atoms with E-state index in [0.29, 0.717) is 18.5 Å². The number of thiazole rings is 1. The number of hydrogen-bond donors (Lipinski definition) is 1. The Labute approximate surface area is 157 Å². The number of hydrogen-bond acceptors (Lipinski definition) is 7. The monoisotopic (exact) mass is 400 g/mol. The number of Topliss-reactive ketones (excluding diaryl/α,β-unsaturated/α-hetero) is 1. The van der Waals surface area contributed by atoms with E-state index in [9.17, 15) is 18.0 Å². The lowest BCUT2D eigenvalue weighted by molar-refractivity contribution is -0.142. The van der Waals surface area contributed by atoms with E-state index < -0.39 is 21.4 Å². The molecule has 2 bridgehead atoms. The van der Waals surface area contributed by atoms with Gasteiger partial charge in [-0.3, -0.25) is 14.3 Å². The Hall–Kier alpha value is -1.48. The van der Waals surface area contributed by atoms with Gasteiger partial charge in [-0.15, -0.1) is 11.3 Å². The molecule has 144 valence electrons. The van der Waals surface area contributed by atoms with Crippen LogP contribution in [-0.2, 0) is 30.8 Å². The predicted octanol–water partition coefficient (Wildman–Crippen LogP) is 2.39. The van der Waals surface area contributed by atoms with E-state index in [2.05, 4.69) is 9.71 Å². The summed E-state index contributed by atoms with van der Waals surface area (Å²) in [4.78, 5) is 28.2. The molecule has 1 aromatic rings. The molecule has 26 heavy (non-hydrogen) atoms. The first-order valence-electron chi connectivity index (χ1n) is 8.73. The van der Waals surface area contributed by atoms with Crippen LogP contribution in [-0.4, -0.2) is 37.5 Å². The minimum absolute atomic E-state index is 0.00318. The number of fused-ring (bicyclic) bond motifs is 2. The summed E-state index contributed by atoms with van der Waals surface area (Å²) in [5.41, 5.74) is -0.659. The average molecular weight is 401 g/mol. The second kappa shape index (κ2) is 6.60. The number of anilines is 1. The smallest absolute Gasteiger partial charge is 0.311 e. The number of carbonyl (C=O) groups excluding carboxylic acids is 2. The summed E-state index contributed by atoms with van der Waals surface area (Å²) in [6.07, 6.45) is 2.00. The molecule has 9 heteroatoms. The van der Waals surface area contributed by atoms with Gasteiger partial charge in [0.05, 0.1) is 29.9 Å². The number of sulfonamides is 1. The van der Waals surface area contributed by atoms with Crippen molar-refractivity contribution < 1.29 is 22.7 Å². The zero-order valence-corrected chi connectivity index (χ0v) is 16.8. The first-order valence-corrected chi connectivity index (χ1v) is 11.3. The highest BCUT2D eigenvalue weighted by Crippen LogP contribution is 2.64. The van der Waals surface area contributed by atoms with E-state index in [-0.39, 0.29) is 41.0 Å². The maximum Gasteiger partial charge on any atom is 0.311 e. The molecule has 2 atom stereocenters. The molecule has 2 aliphatic carbocycles. The highest BCUT2D eigenvalue weighted by Gasteiger charge is 2.65. The molecular weight excluding hydrogens is 376 g/mol. The third-order valence-electron chi connectivity index (χ3n) is 6.00. The van der Waals surface area contributed by atoms with Crippen molar-refractivity contribution in [3.05, 3.63) is 11.1 Å². The summed E-state index contributed by atoms with van der Waals surface area (Å²) in [6, 6.07) is 0. The molecule has 2 unspecified atom stereocenters. The third-order valence-corrected chi connectivity index (χ3v) is 8.31. The topological polar surface area (TPSA) is 102 Å². The van der Waals surface area contributed by atoms with Crippen LogP contribution < -0.4 is 4.72 Å². The molecule has 0 aliphatic heterocycles. The number of aromatic nitrogens is 1. The number of ether oxygens (including phenoxy) is 1. The van der Waals surface area contributed by atoms with E-state index >= 15 is 0 Å². The van der Waals surface area contributed by atoms with Gasteiger partial charge in [0.25, 0.3) is 0 Å². The molecule has 0 radical (unpaired) electrons. The summed E-state index contributed by atoms with van der Waals surface area (Å²) >= 11 is 1.12. The molecule has 0 aromatic carbocycles. The van der Waals surface area contributed by atoms with E-state index in [1.54, 1.807) is 12.3 Å². The van der Waals surface area contributed by atoms with Gasteiger partial charge < -0.3 is 4.74 Å². The zero-order chi connectivity index (χ0) is 19.2. The molecule has 0 spiro atoms. The second-order valence-corrected chi connectivity index (χ2v) is 10.2. The van der Waals surface area contributed by atoms with Gasteiger partial charge in [-0.2, -0.15) is 0 Å². The van der Waals surface area contributed by atoms with Gasteiger partial charge in [-0.1, -0.05) is 13.8 Å². The molecule has 3 rings (SSSR count). The van der Waals surface area contributed by atoms with Gasteiger partial charge in [0.1, 0.15) is 5.78 Å². The molecule has 0 saturated heterocycles. The summed E-state index contributed by atoms with van der Waals surface area (Å²) in [7, 11) is -3.73. The van der Waals surface area contributed by atoms with E-state index in [1.165, 1.54) is 0 Å². The maximum atomic E-state index is 12.7. The van der Waals surface area contributed by atoms with Crippen LogP contribution in [0.2, 0.25) is 0 Å². The Morgan fingerprint density at radius 2 is 2.19 bits per heavy atom. The van der Waals surface area contributed by atoms with Crippen LogP contribution in [0.4, 0.5) is 5.13 Å². The molecule has 1 aromatic heterocycles. The first-order chi connectivity index (χ1) is 12.1. The summed E-state index contributed by atoms with van der Waals surface area (Å²) in [5.74, 6) is -0.288.